The lowest BCUT2D eigenvalue weighted by Gasteiger charge is -2.40. The number of benzene rings is 3. The van der Waals surface area contributed by atoms with Crippen LogP contribution in [0.4, 0.5) is 0 Å². The van der Waals surface area contributed by atoms with E-state index in [4.69, 9.17) is 9.51 Å². The Morgan fingerprint density at radius 1 is 0.694 bits per heavy atom. The molecule has 3 aromatic carbocycles. The Balaban J connectivity index is 1.59. The highest BCUT2D eigenvalue weighted by Gasteiger charge is 2.53. The first-order chi connectivity index (χ1) is 17.4. The molecule has 2 aromatic heterocycles. The zero-order chi connectivity index (χ0) is 25.2. The summed E-state index contributed by atoms with van der Waals surface area (Å²) in [6, 6.07) is 32.3. The van der Waals surface area contributed by atoms with E-state index < -0.39 is 8.32 Å². The SMILES string of the molecule is CC(C)(C)[Si](O/N=C/c1ccc2ccc3ccc(C=O)nc3c2n1)(c1ccccc1)c1ccccc1. The van der Waals surface area contributed by atoms with E-state index in [9.17, 15) is 4.79 Å². The average molecular weight is 490 g/mol. The van der Waals surface area contributed by atoms with Gasteiger partial charge in [0.1, 0.15) is 5.69 Å². The summed E-state index contributed by atoms with van der Waals surface area (Å²) in [4.78, 5) is 20.6. The third-order valence-electron chi connectivity index (χ3n) is 6.47. The van der Waals surface area contributed by atoms with Gasteiger partial charge in [0.15, 0.2) is 6.29 Å². The van der Waals surface area contributed by atoms with Crippen molar-refractivity contribution in [2.45, 2.75) is 25.8 Å². The van der Waals surface area contributed by atoms with Crippen LogP contribution in [0.3, 0.4) is 0 Å². The van der Waals surface area contributed by atoms with E-state index in [1.54, 1.807) is 12.3 Å². The number of nitrogens with zero attached hydrogens (tertiary/aromatic N) is 3. The van der Waals surface area contributed by atoms with E-state index in [0.717, 1.165) is 32.9 Å². The molecule has 5 aromatic rings. The summed E-state index contributed by atoms with van der Waals surface area (Å²) in [7, 11) is -2.79. The quantitative estimate of drug-likeness (QED) is 0.104. The van der Waals surface area contributed by atoms with Crippen molar-refractivity contribution in [1.29, 1.82) is 0 Å². The smallest absolute Gasteiger partial charge is 0.354 e. The first-order valence-electron chi connectivity index (χ1n) is 11.9. The van der Waals surface area contributed by atoms with E-state index >= 15 is 0 Å². The Morgan fingerprint density at radius 2 is 1.17 bits per heavy atom. The van der Waals surface area contributed by atoms with Gasteiger partial charge in [-0.25, -0.2) is 9.97 Å². The molecular formula is C30H27N3O2Si. The normalized spacial score (nSPS) is 12.3. The van der Waals surface area contributed by atoms with Crippen LogP contribution in [0.1, 0.15) is 37.0 Å². The molecule has 0 aliphatic carbocycles. The highest BCUT2D eigenvalue weighted by atomic mass is 28.4. The second-order valence-electron chi connectivity index (χ2n) is 9.79. The van der Waals surface area contributed by atoms with Gasteiger partial charge in [-0.1, -0.05) is 106 Å². The number of aromatic nitrogens is 2. The molecule has 0 atom stereocenters. The minimum absolute atomic E-state index is 0.185. The van der Waals surface area contributed by atoms with E-state index in [0.29, 0.717) is 16.9 Å². The van der Waals surface area contributed by atoms with Gasteiger partial charge in [0.25, 0.3) is 0 Å². The summed E-state index contributed by atoms with van der Waals surface area (Å²) in [6.45, 7) is 6.64. The van der Waals surface area contributed by atoms with Crippen molar-refractivity contribution in [3.8, 4) is 0 Å². The van der Waals surface area contributed by atoms with Crippen LogP contribution >= 0.6 is 0 Å². The van der Waals surface area contributed by atoms with E-state index in [1.165, 1.54) is 0 Å². The second kappa shape index (κ2) is 9.47. The van der Waals surface area contributed by atoms with Crippen molar-refractivity contribution in [3.63, 3.8) is 0 Å². The molecule has 2 heterocycles. The number of oxime groups is 1. The Hall–Kier alpha value is -4.16. The Labute approximate surface area is 211 Å². The van der Waals surface area contributed by atoms with Crippen molar-refractivity contribution in [3.05, 3.63) is 108 Å². The number of hydrogen-bond acceptors (Lipinski definition) is 5. The van der Waals surface area contributed by atoms with Gasteiger partial charge in [-0.3, -0.25) is 4.79 Å². The van der Waals surface area contributed by atoms with E-state index in [-0.39, 0.29) is 5.04 Å². The van der Waals surface area contributed by atoms with Crippen LogP contribution in [0.5, 0.6) is 0 Å². The highest BCUT2D eigenvalue weighted by Crippen LogP contribution is 2.36. The maximum absolute atomic E-state index is 11.3. The topological polar surface area (TPSA) is 64.4 Å². The zero-order valence-electron chi connectivity index (χ0n) is 20.6. The van der Waals surface area contributed by atoms with Gasteiger partial charge in [0.2, 0.25) is 0 Å². The summed E-state index contributed by atoms with van der Waals surface area (Å²) in [5, 5.41) is 8.56. The third-order valence-corrected chi connectivity index (χ3v) is 11.3. The fourth-order valence-corrected chi connectivity index (χ4v) is 8.80. The molecule has 0 amide bonds. The number of carbonyl (C=O) groups is 1. The lowest BCUT2D eigenvalue weighted by Crippen LogP contribution is -2.65. The molecule has 0 saturated heterocycles. The largest absolute Gasteiger partial charge is 0.443 e. The van der Waals surface area contributed by atoms with Crippen LogP contribution in [0.15, 0.2) is 102 Å². The first-order valence-corrected chi connectivity index (χ1v) is 13.8. The molecule has 0 bridgehead atoms. The molecule has 6 heteroatoms. The number of pyridine rings is 2. The minimum Gasteiger partial charge on any atom is -0.443 e. The van der Waals surface area contributed by atoms with Gasteiger partial charge in [-0.05, 0) is 22.5 Å². The van der Waals surface area contributed by atoms with Crippen molar-refractivity contribution in [1.82, 2.24) is 9.97 Å². The van der Waals surface area contributed by atoms with E-state index in [1.807, 2.05) is 42.5 Å². The number of carbonyl (C=O) groups excluding carboxylic acids is 1. The summed E-state index contributed by atoms with van der Waals surface area (Å²) in [5.74, 6) is 0. The molecule has 0 radical (unpaired) electrons. The summed E-state index contributed by atoms with van der Waals surface area (Å²) in [5.41, 5.74) is 2.46. The molecule has 36 heavy (non-hydrogen) atoms. The van der Waals surface area contributed by atoms with Gasteiger partial charge >= 0.3 is 8.32 Å². The third kappa shape index (κ3) is 4.20. The van der Waals surface area contributed by atoms with Crippen molar-refractivity contribution >= 4 is 53.0 Å². The zero-order valence-corrected chi connectivity index (χ0v) is 21.6. The maximum Gasteiger partial charge on any atom is 0.354 e. The molecule has 5 rings (SSSR count). The fraction of sp³-hybridized carbons (Fsp3) is 0.133. The Kier molecular flexibility index (Phi) is 6.20. The van der Waals surface area contributed by atoms with Crippen LogP contribution in [-0.2, 0) is 4.53 Å². The van der Waals surface area contributed by atoms with Crippen LogP contribution in [-0.4, -0.2) is 30.8 Å². The number of rotatable bonds is 6. The molecule has 0 saturated carbocycles. The standard InChI is InChI=1S/C30H27N3O2Si/c1-30(2,3)36(26-10-6-4-7-11-26,27-12-8-5-9-13-27)35-31-20-24-18-16-22-14-15-23-17-19-25(21-34)33-29(23)28(22)32-24/h4-21H,1-3H3/b31-20+. The second-order valence-corrected chi connectivity index (χ2v) is 14.0. The molecule has 0 fully saturated rings. The monoisotopic (exact) mass is 489 g/mol. The fourth-order valence-electron chi connectivity index (χ4n) is 4.72. The van der Waals surface area contributed by atoms with Crippen LogP contribution in [0.25, 0.3) is 21.8 Å². The molecule has 0 spiro atoms. The molecular weight excluding hydrogens is 462 g/mol. The van der Waals surface area contributed by atoms with Gasteiger partial charge in [0.05, 0.1) is 22.9 Å². The predicted molar refractivity (Wildman–Crippen MR) is 149 cm³/mol. The van der Waals surface area contributed by atoms with Crippen molar-refractivity contribution < 1.29 is 9.32 Å². The first kappa shape index (κ1) is 23.6. The minimum atomic E-state index is -2.79. The highest BCUT2D eigenvalue weighted by molar-refractivity contribution is 6.99. The molecule has 0 aliphatic heterocycles. The lowest BCUT2D eigenvalue weighted by molar-refractivity contribution is 0.111. The Morgan fingerprint density at radius 3 is 1.67 bits per heavy atom. The average Bonchev–Trinajstić information content (AvgIpc) is 2.91. The maximum atomic E-state index is 11.3. The summed E-state index contributed by atoms with van der Waals surface area (Å²) < 4.78 is 6.61. The molecule has 0 aliphatic rings. The van der Waals surface area contributed by atoms with Gasteiger partial charge < -0.3 is 4.53 Å². The predicted octanol–water partition coefficient (Wildman–Crippen LogP) is 5.51. The van der Waals surface area contributed by atoms with Crippen LogP contribution < -0.4 is 10.4 Å². The number of fused-ring (bicyclic) bond motifs is 3. The van der Waals surface area contributed by atoms with Crippen molar-refractivity contribution in [2.75, 3.05) is 0 Å². The molecule has 5 nitrogen and oxygen atoms in total. The summed E-state index contributed by atoms with van der Waals surface area (Å²) in [6.07, 6.45) is 2.42. The van der Waals surface area contributed by atoms with E-state index in [2.05, 4.69) is 79.4 Å². The molecule has 178 valence electrons. The van der Waals surface area contributed by atoms with Crippen molar-refractivity contribution in [2.24, 2.45) is 5.16 Å². The lowest BCUT2D eigenvalue weighted by atomic mass is 10.1. The number of hydrogen-bond donors (Lipinski definition) is 0. The van der Waals surface area contributed by atoms with Crippen LogP contribution in [0.2, 0.25) is 5.04 Å². The number of aldehydes is 1. The van der Waals surface area contributed by atoms with Gasteiger partial charge in [-0.15, -0.1) is 5.16 Å². The van der Waals surface area contributed by atoms with Gasteiger partial charge in [-0.2, -0.15) is 0 Å². The molecule has 0 N–H and O–H groups in total. The summed E-state index contributed by atoms with van der Waals surface area (Å²) >= 11 is 0. The Bertz CT molecular complexity index is 1520. The molecule has 0 unspecified atom stereocenters. The van der Waals surface area contributed by atoms with Crippen LogP contribution in [0, 0.1) is 0 Å². The van der Waals surface area contributed by atoms with Gasteiger partial charge in [0, 0.05) is 15.8 Å².